The minimum Gasteiger partial charge on any atom is -0.478 e. The Balaban J connectivity index is 2.08. The van der Waals surface area contributed by atoms with Crippen molar-refractivity contribution >= 4 is 17.6 Å². The average Bonchev–Trinajstić information content (AvgIpc) is 2.72. The topological polar surface area (TPSA) is 57.6 Å². The van der Waals surface area contributed by atoms with Crippen LogP contribution in [0.3, 0.4) is 0 Å². The molecule has 3 aromatic rings. The second-order valence-electron chi connectivity index (χ2n) is 6.50. The Morgan fingerprint density at radius 1 is 0.966 bits per heavy atom. The van der Waals surface area contributed by atoms with Crippen molar-refractivity contribution in [2.75, 3.05) is 4.90 Å². The summed E-state index contributed by atoms with van der Waals surface area (Å²) in [5, 5.41) is 9.23. The lowest BCUT2D eigenvalue weighted by atomic mass is 10.1. The lowest BCUT2D eigenvalue weighted by Gasteiger charge is -2.26. The van der Waals surface area contributed by atoms with E-state index < -0.39 is 23.5 Å². The van der Waals surface area contributed by atoms with E-state index in [-0.39, 0.29) is 17.7 Å². The molecule has 1 N–H and O–H groups in total. The molecule has 3 aromatic carbocycles. The summed E-state index contributed by atoms with van der Waals surface area (Å²) in [5.41, 5.74) is 1.87. The molecule has 0 aliphatic heterocycles. The van der Waals surface area contributed by atoms with Gasteiger partial charge < -0.3 is 10.0 Å². The molecule has 29 heavy (non-hydrogen) atoms. The first-order valence-corrected chi connectivity index (χ1v) is 9.07. The molecule has 1 amide bonds. The van der Waals surface area contributed by atoms with Crippen LogP contribution in [0, 0.1) is 11.6 Å². The highest BCUT2D eigenvalue weighted by molar-refractivity contribution is 6.06. The SMILES string of the molecule is CCc1ccccc1N(Cc1cccc(C(=O)O)c1)C(=O)c1ccc(F)cc1F. The van der Waals surface area contributed by atoms with Gasteiger partial charge in [0.05, 0.1) is 17.7 Å². The van der Waals surface area contributed by atoms with Crippen LogP contribution in [0.2, 0.25) is 0 Å². The van der Waals surface area contributed by atoms with Gasteiger partial charge in [-0.3, -0.25) is 4.79 Å². The van der Waals surface area contributed by atoms with Gasteiger partial charge in [0.1, 0.15) is 11.6 Å². The zero-order chi connectivity index (χ0) is 21.0. The molecular formula is C23H19F2NO3. The molecule has 0 atom stereocenters. The van der Waals surface area contributed by atoms with Gasteiger partial charge in [-0.1, -0.05) is 37.3 Å². The summed E-state index contributed by atoms with van der Waals surface area (Å²) in [7, 11) is 0. The highest BCUT2D eigenvalue weighted by Gasteiger charge is 2.23. The van der Waals surface area contributed by atoms with E-state index in [0.717, 1.165) is 17.7 Å². The minimum absolute atomic E-state index is 0.0355. The Morgan fingerprint density at radius 3 is 2.41 bits per heavy atom. The first kappa shape index (κ1) is 20.2. The fraction of sp³-hybridized carbons (Fsp3) is 0.130. The number of anilines is 1. The van der Waals surface area contributed by atoms with Crippen molar-refractivity contribution in [3.05, 3.63) is 101 Å². The van der Waals surface area contributed by atoms with E-state index >= 15 is 0 Å². The van der Waals surface area contributed by atoms with Crippen molar-refractivity contribution in [1.29, 1.82) is 0 Å². The van der Waals surface area contributed by atoms with Crippen molar-refractivity contribution in [3.63, 3.8) is 0 Å². The standard InChI is InChI=1S/C23H19F2NO3/c1-2-16-7-3-4-9-21(16)26(14-15-6-5-8-17(12-15)23(28)29)22(27)19-11-10-18(24)13-20(19)25/h3-13H,2,14H2,1H3,(H,28,29). The maximum absolute atomic E-state index is 14.3. The van der Waals surface area contributed by atoms with E-state index in [0.29, 0.717) is 23.7 Å². The number of carbonyl (C=O) groups excluding carboxylic acids is 1. The van der Waals surface area contributed by atoms with E-state index in [9.17, 15) is 23.5 Å². The molecule has 0 bridgehead atoms. The van der Waals surface area contributed by atoms with Crippen molar-refractivity contribution in [2.24, 2.45) is 0 Å². The molecule has 6 heteroatoms. The number of aryl methyl sites for hydroxylation is 1. The van der Waals surface area contributed by atoms with Crippen molar-refractivity contribution < 1.29 is 23.5 Å². The van der Waals surface area contributed by atoms with Crippen LogP contribution in [0.25, 0.3) is 0 Å². The Kier molecular flexibility index (Phi) is 6.02. The van der Waals surface area contributed by atoms with Crippen LogP contribution in [-0.4, -0.2) is 17.0 Å². The number of para-hydroxylation sites is 1. The van der Waals surface area contributed by atoms with Crippen LogP contribution in [0.1, 0.15) is 38.8 Å². The number of hydrogen-bond acceptors (Lipinski definition) is 2. The van der Waals surface area contributed by atoms with Gasteiger partial charge in [0, 0.05) is 11.8 Å². The van der Waals surface area contributed by atoms with Crippen LogP contribution < -0.4 is 4.90 Å². The first-order valence-electron chi connectivity index (χ1n) is 9.07. The van der Waals surface area contributed by atoms with E-state index in [1.165, 1.54) is 17.0 Å². The van der Waals surface area contributed by atoms with Gasteiger partial charge in [-0.15, -0.1) is 0 Å². The molecule has 0 fully saturated rings. The number of hydrogen-bond donors (Lipinski definition) is 1. The number of carboxylic acids is 1. The van der Waals surface area contributed by atoms with Crippen molar-refractivity contribution in [1.82, 2.24) is 0 Å². The van der Waals surface area contributed by atoms with Gasteiger partial charge >= 0.3 is 5.97 Å². The molecule has 0 unspecified atom stereocenters. The normalized spacial score (nSPS) is 10.6. The molecule has 3 rings (SSSR count). The third-order valence-electron chi connectivity index (χ3n) is 4.58. The molecule has 0 saturated heterocycles. The van der Waals surface area contributed by atoms with Gasteiger partial charge in [-0.25, -0.2) is 13.6 Å². The largest absolute Gasteiger partial charge is 0.478 e. The predicted octanol–water partition coefficient (Wildman–Crippen LogP) is 5.07. The van der Waals surface area contributed by atoms with Gasteiger partial charge in [0.25, 0.3) is 5.91 Å². The van der Waals surface area contributed by atoms with Gasteiger partial charge in [0.2, 0.25) is 0 Å². The van der Waals surface area contributed by atoms with Gasteiger partial charge in [0.15, 0.2) is 0 Å². The molecule has 0 aromatic heterocycles. The van der Waals surface area contributed by atoms with Crippen molar-refractivity contribution in [2.45, 2.75) is 19.9 Å². The molecule has 0 spiro atoms. The van der Waals surface area contributed by atoms with Crippen LogP contribution in [0.15, 0.2) is 66.7 Å². The lowest BCUT2D eigenvalue weighted by molar-refractivity contribution is 0.0696. The Hall–Kier alpha value is -3.54. The highest BCUT2D eigenvalue weighted by atomic mass is 19.1. The molecule has 0 aliphatic rings. The summed E-state index contributed by atoms with van der Waals surface area (Å²) in [4.78, 5) is 25.9. The summed E-state index contributed by atoms with van der Waals surface area (Å²) in [5.74, 6) is -3.44. The first-order chi connectivity index (χ1) is 13.9. The number of aromatic carboxylic acids is 1. The summed E-state index contributed by atoms with van der Waals surface area (Å²) in [6.45, 7) is 1.97. The maximum Gasteiger partial charge on any atom is 0.335 e. The average molecular weight is 395 g/mol. The monoisotopic (exact) mass is 395 g/mol. The Bertz CT molecular complexity index is 1070. The molecule has 0 aliphatic carbocycles. The second-order valence-corrected chi connectivity index (χ2v) is 6.50. The third-order valence-corrected chi connectivity index (χ3v) is 4.58. The number of nitrogens with zero attached hydrogens (tertiary/aromatic N) is 1. The zero-order valence-corrected chi connectivity index (χ0v) is 15.7. The van der Waals surface area contributed by atoms with Crippen LogP contribution >= 0.6 is 0 Å². The van der Waals surface area contributed by atoms with Crippen LogP contribution in [-0.2, 0) is 13.0 Å². The Labute approximate surface area is 167 Å². The minimum atomic E-state index is -1.08. The number of carboxylic acid groups (broad SMARTS) is 1. The lowest BCUT2D eigenvalue weighted by Crippen LogP contribution is -2.32. The summed E-state index contributed by atoms with van der Waals surface area (Å²) < 4.78 is 27.6. The smallest absolute Gasteiger partial charge is 0.335 e. The fourth-order valence-corrected chi connectivity index (χ4v) is 3.13. The van der Waals surface area contributed by atoms with Gasteiger partial charge in [-0.05, 0) is 47.9 Å². The summed E-state index contributed by atoms with van der Waals surface area (Å²) >= 11 is 0. The molecule has 0 radical (unpaired) electrons. The number of amides is 1. The van der Waals surface area contributed by atoms with Crippen LogP contribution in [0.5, 0.6) is 0 Å². The Morgan fingerprint density at radius 2 is 1.72 bits per heavy atom. The summed E-state index contributed by atoms with van der Waals surface area (Å²) in [6, 6.07) is 16.3. The van der Waals surface area contributed by atoms with Crippen LogP contribution in [0.4, 0.5) is 14.5 Å². The van der Waals surface area contributed by atoms with E-state index in [1.807, 2.05) is 19.1 Å². The number of rotatable bonds is 6. The quantitative estimate of drug-likeness (QED) is 0.634. The predicted molar refractivity (Wildman–Crippen MR) is 106 cm³/mol. The van der Waals surface area contributed by atoms with E-state index in [1.54, 1.807) is 24.3 Å². The number of benzene rings is 3. The third kappa shape index (κ3) is 4.48. The maximum atomic E-state index is 14.3. The van der Waals surface area contributed by atoms with E-state index in [2.05, 4.69) is 0 Å². The molecular weight excluding hydrogens is 376 g/mol. The van der Waals surface area contributed by atoms with Crippen molar-refractivity contribution in [3.8, 4) is 0 Å². The number of halogens is 2. The summed E-state index contributed by atoms with van der Waals surface area (Å²) in [6.07, 6.45) is 0.640. The second kappa shape index (κ2) is 8.65. The van der Waals surface area contributed by atoms with Gasteiger partial charge in [-0.2, -0.15) is 0 Å². The highest BCUT2D eigenvalue weighted by Crippen LogP contribution is 2.26. The van der Waals surface area contributed by atoms with E-state index in [4.69, 9.17) is 0 Å². The molecule has 0 saturated carbocycles. The molecule has 0 heterocycles. The molecule has 4 nitrogen and oxygen atoms in total. The molecule has 148 valence electrons. The zero-order valence-electron chi connectivity index (χ0n) is 15.7. The fourth-order valence-electron chi connectivity index (χ4n) is 3.13. The number of carbonyl (C=O) groups is 2.